The first-order valence-electron chi connectivity index (χ1n) is 4.40. The van der Waals surface area contributed by atoms with Crippen LogP contribution in [0, 0.1) is 0 Å². The number of aliphatic hydroxyl groups is 1. The number of ether oxygens (including phenoxy) is 2. The summed E-state index contributed by atoms with van der Waals surface area (Å²) < 4.78 is 10.4. The summed E-state index contributed by atoms with van der Waals surface area (Å²) in [5.74, 6) is 0.654. The molecule has 0 saturated carbocycles. The van der Waals surface area contributed by atoms with Crippen LogP contribution in [0.3, 0.4) is 0 Å². The number of halogens is 1. The highest BCUT2D eigenvalue weighted by Crippen LogP contribution is 2.22. The summed E-state index contributed by atoms with van der Waals surface area (Å²) in [7, 11) is 0. The van der Waals surface area contributed by atoms with E-state index in [1.54, 1.807) is 12.1 Å². The Kier molecular flexibility index (Phi) is 5.37. The molecule has 0 aliphatic rings. The number of hydrogen-bond acceptors (Lipinski definition) is 3. The second kappa shape index (κ2) is 6.65. The van der Waals surface area contributed by atoms with Gasteiger partial charge in [0, 0.05) is 0 Å². The molecule has 0 spiro atoms. The largest absolute Gasteiger partial charge is 0.490 e. The van der Waals surface area contributed by atoms with E-state index in [1.165, 1.54) is 0 Å². The number of aliphatic hydroxyl groups excluding tert-OH is 1. The van der Waals surface area contributed by atoms with Gasteiger partial charge in [0.25, 0.3) is 0 Å². The second-order valence-electron chi connectivity index (χ2n) is 2.61. The van der Waals surface area contributed by atoms with Gasteiger partial charge in [-0.05, 0) is 12.1 Å². The molecule has 1 aromatic rings. The van der Waals surface area contributed by atoms with Crippen LogP contribution in [0.15, 0.2) is 24.3 Å². The molecule has 0 radical (unpaired) electrons. The normalized spacial score (nSPS) is 10.1. The highest BCUT2D eigenvalue weighted by Gasteiger charge is 1.98. The molecule has 4 heteroatoms. The van der Waals surface area contributed by atoms with E-state index >= 15 is 0 Å². The molecule has 0 aromatic heterocycles. The van der Waals surface area contributed by atoms with E-state index in [1.807, 2.05) is 12.1 Å². The Morgan fingerprint density at radius 2 is 1.93 bits per heavy atom. The fourth-order valence-corrected chi connectivity index (χ4v) is 1.13. The van der Waals surface area contributed by atoms with Crippen LogP contribution in [-0.2, 0) is 4.74 Å². The Morgan fingerprint density at radius 1 is 1.14 bits per heavy atom. The van der Waals surface area contributed by atoms with Crippen LogP contribution in [0.4, 0.5) is 0 Å². The quantitative estimate of drug-likeness (QED) is 0.736. The van der Waals surface area contributed by atoms with E-state index in [0.717, 1.165) is 0 Å². The molecular formula is C10H13ClO3. The van der Waals surface area contributed by atoms with Gasteiger partial charge in [0.2, 0.25) is 0 Å². The third-order valence-corrected chi connectivity index (χ3v) is 1.87. The molecule has 14 heavy (non-hydrogen) atoms. The van der Waals surface area contributed by atoms with Crippen molar-refractivity contribution < 1.29 is 14.6 Å². The van der Waals surface area contributed by atoms with Gasteiger partial charge >= 0.3 is 0 Å². The van der Waals surface area contributed by atoms with Crippen LogP contribution in [0.25, 0.3) is 0 Å². The number of rotatable bonds is 6. The van der Waals surface area contributed by atoms with Crippen molar-refractivity contribution in [2.45, 2.75) is 0 Å². The van der Waals surface area contributed by atoms with Crippen LogP contribution >= 0.6 is 11.6 Å². The molecule has 0 aliphatic carbocycles. The van der Waals surface area contributed by atoms with Gasteiger partial charge in [-0.1, -0.05) is 23.7 Å². The summed E-state index contributed by atoms with van der Waals surface area (Å²) in [5, 5.41) is 9.03. The van der Waals surface area contributed by atoms with Crippen molar-refractivity contribution in [3.8, 4) is 5.75 Å². The van der Waals surface area contributed by atoms with E-state index in [0.29, 0.717) is 30.6 Å². The Labute approximate surface area is 88.2 Å². The Morgan fingerprint density at radius 3 is 2.64 bits per heavy atom. The molecule has 0 fully saturated rings. The van der Waals surface area contributed by atoms with Crippen molar-refractivity contribution in [1.29, 1.82) is 0 Å². The van der Waals surface area contributed by atoms with Crippen molar-refractivity contribution in [3.05, 3.63) is 29.3 Å². The Bertz CT molecular complexity index is 265. The lowest BCUT2D eigenvalue weighted by Crippen LogP contribution is -2.09. The maximum atomic E-state index is 8.44. The number of para-hydroxylation sites is 1. The highest BCUT2D eigenvalue weighted by molar-refractivity contribution is 6.32. The van der Waals surface area contributed by atoms with E-state index in [-0.39, 0.29) is 6.61 Å². The second-order valence-corrected chi connectivity index (χ2v) is 3.02. The predicted molar refractivity (Wildman–Crippen MR) is 54.9 cm³/mol. The van der Waals surface area contributed by atoms with Gasteiger partial charge in [0.05, 0.1) is 24.8 Å². The molecule has 0 saturated heterocycles. The van der Waals surface area contributed by atoms with E-state index in [9.17, 15) is 0 Å². The van der Waals surface area contributed by atoms with Gasteiger partial charge in [-0.15, -0.1) is 0 Å². The monoisotopic (exact) mass is 216 g/mol. The average Bonchev–Trinajstić information content (AvgIpc) is 2.20. The molecule has 78 valence electrons. The average molecular weight is 217 g/mol. The number of hydrogen-bond donors (Lipinski definition) is 1. The van der Waals surface area contributed by atoms with Crippen molar-refractivity contribution in [2.24, 2.45) is 0 Å². The molecule has 0 amide bonds. The van der Waals surface area contributed by atoms with Gasteiger partial charge in [-0.25, -0.2) is 0 Å². The summed E-state index contributed by atoms with van der Waals surface area (Å²) in [6.07, 6.45) is 0. The van der Waals surface area contributed by atoms with Crippen LogP contribution in [0.1, 0.15) is 0 Å². The lowest BCUT2D eigenvalue weighted by Gasteiger charge is -2.07. The zero-order valence-corrected chi connectivity index (χ0v) is 8.54. The third kappa shape index (κ3) is 3.96. The van der Waals surface area contributed by atoms with Gasteiger partial charge in [-0.2, -0.15) is 0 Å². The van der Waals surface area contributed by atoms with E-state index in [2.05, 4.69) is 0 Å². The standard InChI is InChI=1S/C10H13ClO3/c11-9-3-1-2-4-10(9)14-8-7-13-6-5-12/h1-4,12H,5-8H2. The molecule has 0 atom stereocenters. The molecule has 0 aliphatic heterocycles. The minimum Gasteiger partial charge on any atom is -0.490 e. The molecule has 0 bridgehead atoms. The van der Waals surface area contributed by atoms with Gasteiger partial charge in [0.1, 0.15) is 12.4 Å². The smallest absolute Gasteiger partial charge is 0.138 e. The maximum absolute atomic E-state index is 8.44. The van der Waals surface area contributed by atoms with Crippen molar-refractivity contribution in [2.75, 3.05) is 26.4 Å². The minimum atomic E-state index is 0.0338. The molecule has 3 nitrogen and oxygen atoms in total. The summed E-state index contributed by atoms with van der Waals surface area (Å²) in [6.45, 7) is 1.26. The lowest BCUT2D eigenvalue weighted by molar-refractivity contribution is 0.0705. The van der Waals surface area contributed by atoms with Crippen molar-refractivity contribution in [1.82, 2.24) is 0 Å². The van der Waals surface area contributed by atoms with Crippen LogP contribution in [-0.4, -0.2) is 31.5 Å². The van der Waals surface area contributed by atoms with Gasteiger partial charge < -0.3 is 14.6 Å². The Balaban J connectivity index is 2.21. The molecule has 1 N–H and O–H groups in total. The Hall–Kier alpha value is -0.770. The van der Waals surface area contributed by atoms with Crippen LogP contribution < -0.4 is 4.74 Å². The topological polar surface area (TPSA) is 38.7 Å². The number of benzene rings is 1. The highest BCUT2D eigenvalue weighted by atomic mass is 35.5. The fraction of sp³-hybridized carbons (Fsp3) is 0.400. The third-order valence-electron chi connectivity index (χ3n) is 1.56. The first-order chi connectivity index (χ1) is 6.84. The first kappa shape index (κ1) is 11.3. The molecule has 1 aromatic carbocycles. The lowest BCUT2D eigenvalue weighted by atomic mass is 10.3. The summed E-state index contributed by atoms with van der Waals surface area (Å²) >= 11 is 5.86. The van der Waals surface area contributed by atoms with Crippen LogP contribution in [0.5, 0.6) is 5.75 Å². The maximum Gasteiger partial charge on any atom is 0.138 e. The summed E-state index contributed by atoms with van der Waals surface area (Å²) in [6, 6.07) is 7.27. The molecule has 1 rings (SSSR count). The molecule has 0 heterocycles. The van der Waals surface area contributed by atoms with Gasteiger partial charge in [-0.3, -0.25) is 0 Å². The van der Waals surface area contributed by atoms with E-state index in [4.69, 9.17) is 26.2 Å². The SMILES string of the molecule is OCCOCCOc1ccccc1Cl. The zero-order valence-electron chi connectivity index (χ0n) is 7.78. The zero-order chi connectivity index (χ0) is 10.2. The van der Waals surface area contributed by atoms with Crippen LogP contribution in [0.2, 0.25) is 5.02 Å². The first-order valence-corrected chi connectivity index (χ1v) is 4.78. The van der Waals surface area contributed by atoms with Gasteiger partial charge in [0.15, 0.2) is 0 Å². The predicted octanol–water partition coefficient (Wildman–Crippen LogP) is 1.73. The van der Waals surface area contributed by atoms with E-state index < -0.39 is 0 Å². The summed E-state index contributed by atoms with van der Waals surface area (Å²) in [4.78, 5) is 0. The van der Waals surface area contributed by atoms with Crippen molar-refractivity contribution in [3.63, 3.8) is 0 Å². The molecule has 0 unspecified atom stereocenters. The summed E-state index contributed by atoms with van der Waals surface area (Å²) in [5.41, 5.74) is 0. The fourth-order valence-electron chi connectivity index (χ4n) is 0.939. The molecular weight excluding hydrogens is 204 g/mol. The minimum absolute atomic E-state index is 0.0338. The van der Waals surface area contributed by atoms with Crippen molar-refractivity contribution >= 4 is 11.6 Å².